The number of ether oxygens (including phenoxy) is 1. The van der Waals surface area contributed by atoms with Gasteiger partial charge in [-0.3, -0.25) is 0 Å². The maximum Gasteiger partial charge on any atom is 0.163 e. The Morgan fingerprint density at radius 2 is 2.16 bits per heavy atom. The molecular formula is C15H21F2NO. The average Bonchev–Trinajstić information content (AvgIpc) is 3.20. The van der Waals surface area contributed by atoms with Crippen LogP contribution in [0.25, 0.3) is 0 Å². The molecule has 1 aromatic rings. The van der Waals surface area contributed by atoms with E-state index in [1.54, 1.807) is 6.07 Å². The zero-order valence-electron chi connectivity index (χ0n) is 11.3. The van der Waals surface area contributed by atoms with Crippen LogP contribution in [0.2, 0.25) is 0 Å². The van der Waals surface area contributed by atoms with Crippen LogP contribution in [0.15, 0.2) is 18.2 Å². The quantitative estimate of drug-likeness (QED) is 0.730. The summed E-state index contributed by atoms with van der Waals surface area (Å²) in [6.45, 7) is 4.17. The van der Waals surface area contributed by atoms with Gasteiger partial charge in [0.15, 0.2) is 11.6 Å². The van der Waals surface area contributed by atoms with Crippen LogP contribution in [0.5, 0.6) is 0 Å². The van der Waals surface area contributed by atoms with E-state index in [2.05, 4.69) is 5.32 Å². The van der Waals surface area contributed by atoms with Gasteiger partial charge in [-0.1, -0.05) is 12.1 Å². The number of hydrogen-bond donors (Lipinski definition) is 1. The van der Waals surface area contributed by atoms with Gasteiger partial charge in [-0.05, 0) is 44.7 Å². The highest BCUT2D eigenvalue weighted by Crippen LogP contribution is 2.28. The molecule has 0 amide bonds. The van der Waals surface area contributed by atoms with E-state index in [1.807, 2.05) is 6.92 Å². The highest BCUT2D eigenvalue weighted by Gasteiger charge is 2.20. The fraction of sp³-hybridized carbons (Fsp3) is 0.600. The zero-order chi connectivity index (χ0) is 13.7. The van der Waals surface area contributed by atoms with Crippen molar-refractivity contribution in [3.63, 3.8) is 0 Å². The van der Waals surface area contributed by atoms with E-state index in [4.69, 9.17) is 4.74 Å². The van der Waals surface area contributed by atoms with Gasteiger partial charge in [-0.25, -0.2) is 8.78 Å². The summed E-state index contributed by atoms with van der Waals surface area (Å²) in [4.78, 5) is 0. The maximum atomic E-state index is 13.5. The van der Waals surface area contributed by atoms with Crippen LogP contribution < -0.4 is 5.32 Å². The van der Waals surface area contributed by atoms with Crippen LogP contribution in [0, 0.1) is 17.6 Å². The molecule has 1 unspecified atom stereocenters. The van der Waals surface area contributed by atoms with E-state index in [-0.39, 0.29) is 6.04 Å². The van der Waals surface area contributed by atoms with Crippen molar-refractivity contribution in [3.05, 3.63) is 35.4 Å². The Kier molecular flexibility index (Phi) is 5.28. The minimum atomic E-state index is -0.793. The summed E-state index contributed by atoms with van der Waals surface area (Å²) in [6.07, 6.45) is 3.48. The normalized spacial score (nSPS) is 16.6. The van der Waals surface area contributed by atoms with Crippen LogP contribution in [0.1, 0.15) is 37.8 Å². The molecule has 1 aliphatic rings. The number of rotatable bonds is 8. The van der Waals surface area contributed by atoms with Crippen molar-refractivity contribution in [2.45, 2.75) is 32.2 Å². The Bertz CT molecular complexity index is 407. The van der Waals surface area contributed by atoms with E-state index >= 15 is 0 Å². The van der Waals surface area contributed by atoms with Crippen LogP contribution in [-0.2, 0) is 4.74 Å². The molecule has 0 spiro atoms. The van der Waals surface area contributed by atoms with Crippen LogP contribution in [0.4, 0.5) is 8.78 Å². The van der Waals surface area contributed by atoms with E-state index < -0.39 is 11.6 Å². The molecule has 2 nitrogen and oxygen atoms in total. The standard InChI is InChI=1S/C15H21F2NO/c1-11(13-4-2-5-14(16)15(13)17)18-8-3-9-19-10-12-6-7-12/h2,4-5,11-12,18H,3,6-10H2,1H3. The van der Waals surface area contributed by atoms with Crippen molar-refractivity contribution in [3.8, 4) is 0 Å². The zero-order valence-corrected chi connectivity index (χ0v) is 11.3. The molecule has 1 aliphatic carbocycles. The molecule has 0 bridgehead atoms. The number of halogens is 2. The molecule has 1 N–H and O–H groups in total. The molecule has 19 heavy (non-hydrogen) atoms. The van der Waals surface area contributed by atoms with Crippen molar-refractivity contribution in [2.75, 3.05) is 19.8 Å². The summed E-state index contributed by atoms with van der Waals surface area (Å²) in [5.41, 5.74) is 0.374. The summed E-state index contributed by atoms with van der Waals surface area (Å²) in [7, 11) is 0. The second-order valence-corrected chi connectivity index (χ2v) is 5.19. The Balaban J connectivity index is 1.65. The molecule has 1 aromatic carbocycles. The first-order valence-electron chi connectivity index (χ1n) is 6.93. The molecule has 0 aliphatic heterocycles. The molecule has 1 atom stereocenters. The highest BCUT2D eigenvalue weighted by molar-refractivity contribution is 5.21. The van der Waals surface area contributed by atoms with Gasteiger partial charge >= 0.3 is 0 Å². The monoisotopic (exact) mass is 269 g/mol. The first-order chi connectivity index (χ1) is 9.18. The molecule has 0 radical (unpaired) electrons. The lowest BCUT2D eigenvalue weighted by atomic mass is 10.1. The molecule has 1 fully saturated rings. The molecule has 4 heteroatoms. The Morgan fingerprint density at radius 1 is 1.37 bits per heavy atom. The molecular weight excluding hydrogens is 248 g/mol. The van der Waals surface area contributed by atoms with E-state index in [1.165, 1.54) is 18.9 Å². The van der Waals surface area contributed by atoms with Crippen molar-refractivity contribution >= 4 is 0 Å². The first-order valence-corrected chi connectivity index (χ1v) is 6.93. The minimum absolute atomic E-state index is 0.195. The smallest absolute Gasteiger partial charge is 0.163 e. The topological polar surface area (TPSA) is 21.3 Å². The Labute approximate surface area is 113 Å². The van der Waals surface area contributed by atoms with E-state index in [9.17, 15) is 8.78 Å². The maximum absolute atomic E-state index is 13.5. The van der Waals surface area contributed by atoms with E-state index in [0.717, 1.165) is 38.2 Å². The lowest BCUT2D eigenvalue weighted by Gasteiger charge is -2.15. The van der Waals surface area contributed by atoms with Gasteiger partial charge in [0.1, 0.15) is 0 Å². The number of hydrogen-bond acceptors (Lipinski definition) is 2. The van der Waals surface area contributed by atoms with Crippen molar-refractivity contribution in [2.24, 2.45) is 5.92 Å². The summed E-state index contributed by atoms with van der Waals surface area (Å²) < 4.78 is 32.1. The lowest BCUT2D eigenvalue weighted by molar-refractivity contribution is 0.121. The van der Waals surface area contributed by atoms with Crippen LogP contribution in [-0.4, -0.2) is 19.8 Å². The second kappa shape index (κ2) is 6.96. The fourth-order valence-corrected chi connectivity index (χ4v) is 1.99. The average molecular weight is 269 g/mol. The summed E-state index contributed by atoms with van der Waals surface area (Å²) in [5.74, 6) is -0.764. The van der Waals surface area contributed by atoms with Gasteiger partial charge in [-0.15, -0.1) is 0 Å². The van der Waals surface area contributed by atoms with E-state index in [0.29, 0.717) is 5.56 Å². The number of benzene rings is 1. The highest BCUT2D eigenvalue weighted by atomic mass is 19.2. The van der Waals surface area contributed by atoms with Gasteiger partial charge in [0.25, 0.3) is 0 Å². The lowest BCUT2D eigenvalue weighted by Crippen LogP contribution is -2.22. The molecule has 106 valence electrons. The predicted octanol–water partition coefficient (Wildman–Crippen LogP) is 3.43. The van der Waals surface area contributed by atoms with Gasteiger partial charge < -0.3 is 10.1 Å². The van der Waals surface area contributed by atoms with Gasteiger partial charge in [0.05, 0.1) is 0 Å². The molecule has 0 aromatic heterocycles. The summed E-state index contributed by atoms with van der Waals surface area (Å²) >= 11 is 0. The van der Waals surface area contributed by atoms with Gasteiger partial charge in [0, 0.05) is 24.8 Å². The molecule has 1 saturated carbocycles. The largest absolute Gasteiger partial charge is 0.381 e. The molecule has 0 saturated heterocycles. The predicted molar refractivity (Wildman–Crippen MR) is 70.9 cm³/mol. The summed E-state index contributed by atoms with van der Waals surface area (Å²) in [6, 6.07) is 4.08. The minimum Gasteiger partial charge on any atom is -0.381 e. The molecule has 0 heterocycles. The van der Waals surface area contributed by atoms with Crippen LogP contribution in [0.3, 0.4) is 0 Å². The van der Waals surface area contributed by atoms with Gasteiger partial charge in [-0.2, -0.15) is 0 Å². The molecule has 2 rings (SSSR count). The SMILES string of the molecule is CC(NCCCOCC1CC1)c1cccc(F)c1F. The number of nitrogens with one attached hydrogen (secondary N) is 1. The third kappa shape index (κ3) is 4.55. The van der Waals surface area contributed by atoms with Crippen molar-refractivity contribution < 1.29 is 13.5 Å². The van der Waals surface area contributed by atoms with Crippen molar-refractivity contribution in [1.29, 1.82) is 0 Å². The third-order valence-corrected chi connectivity index (χ3v) is 3.41. The van der Waals surface area contributed by atoms with Gasteiger partial charge in [0.2, 0.25) is 0 Å². The van der Waals surface area contributed by atoms with Crippen LogP contribution >= 0.6 is 0 Å². The second-order valence-electron chi connectivity index (χ2n) is 5.19. The van der Waals surface area contributed by atoms with Crippen molar-refractivity contribution in [1.82, 2.24) is 5.32 Å². The Morgan fingerprint density at radius 3 is 2.89 bits per heavy atom. The third-order valence-electron chi connectivity index (χ3n) is 3.41. The fourth-order valence-electron chi connectivity index (χ4n) is 1.99. The Hall–Kier alpha value is -1.00. The first kappa shape index (κ1) is 14.4. The summed E-state index contributed by atoms with van der Waals surface area (Å²) in [5, 5.41) is 3.18.